The zero-order valence-corrected chi connectivity index (χ0v) is 11.2. The molecule has 2 rings (SSSR count). The fourth-order valence-electron chi connectivity index (χ4n) is 2.46. The van der Waals surface area contributed by atoms with Crippen LogP contribution in [0.25, 0.3) is 0 Å². The van der Waals surface area contributed by atoms with Gasteiger partial charge in [-0.05, 0) is 24.3 Å². The van der Waals surface area contributed by atoms with Crippen LogP contribution in [-0.4, -0.2) is 17.8 Å². The summed E-state index contributed by atoms with van der Waals surface area (Å²) in [7, 11) is 0. The van der Waals surface area contributed by atoms with Gasteiger partial charge in [0.2, 0.25) is 0 Å². The fourth-order valence-corrected chi connectivity index (χ4v) is 2.46. The Hall–Kier alpha value is -0.860. The summed E-state index contributed by atoms with van der Waals surface area (Å²) < 4.78 is 5.86. The summed E-state index contributed by atoms with van der Waals surface area (Å²) in [6.07, 6.45) is 5.53. The Bertz CT molecular complexity index is 332. The maximum atomic E-state index is 10.3. The first-order valence-corrected chi connectivity index (χ1v) is 7.16. The molecule has 1 aliphatic rings. The van der Waals surface area contributed by atoms with Crippen molar-refractivity contribution in [3.8, 4) is 0 Å². The molecule has 18 heavy (non-hydrogen) atoms. The average Bonchev–Trinajstić information content (AvgIpc) is 2.37. The highest BCUT2D eigenvalue weighted by atomic mass is 16.5. The zero-order valence-electron chi connectivity index (χ0n) is 11.2. The van der Waals surface area contributed by atoms with Crippen LogP contribution >= 0.6 is 0 Å². The molecule has 2 heteroatoms. The van der Waals surface area contributed by atoms with E-state index in [9.17, 15) is 5.11 Å². The van der Waals surface area contributed by atoms with Gasteiger partial charge in [-0.2, -0.15) is 0 Å². The minimum atomic E-state index is -0.502. The highest BCUT2D eigenvalue weighted by Crippen LogP contribution is 2.30. The molecular weight excluding hydrogens is 224 g/mol. The first kappa shape index (κ1) is 13.6. The van der Waals surface area contributed by atoms with E-state index >= 15 is 0 Å². The number of rotatable bonds is 7. The second kappa shape index (κ2) is 6.91. The average molecular weight is 248 g/mol. The van der Waals surface area contributed by atoms with Crippen molar-refractivity contribution in [2.75, 3.05) is 6.61 Å². The van der Waals surface area contributed by atoms with Crippen molar-refractivity contribution in [2.45, 2.75) is 51.2 Å². The van der Waals surface area contributed by atoms with E-state index in [1.807, 2.05) is 30.3 Å². The van der Waals surface area contributed by atoms with Crippen LogP contribution < -0.4 is 0 Å². The quantitative estimate of drug-likeness (QED) is 0.797. The molecule has 1 fully saturated rings. The summed E-state index contributed by atoms with van der Waals surface area (Å²) >= 11 is 0. The van der Waals surface area contributed by atoms with Crippen LogP contribution in [0.4, 0.5) is 0 Å². The normalized spacial score (nSPS) is 19.2. The van der Waals surface area contributed by atoms with E-state index in [1.165, 1.54) is 19.3 Å². The Labute approximate surface area is 110 Å². The van der Waals surface area contributed by atoms with Crippen molar-refractivity contribution >= 4 is 0 Å². The first-order chi connectivity index (χ1) is 8.81. The summed E-state index contributed by atoms with van der Waals surface area (Å²) in [5, 5.41) is 10.3. The van der Waals surface area contributed by atoms with Crippen molar-refractivity contribution in [1.82, 2.24) is 0 Å². The monoisotopic (exact) mass is 248 g/mol. The van der Waals surface area contributed by atoms with E-state index in [2.05, 4.69) is 6.92 Å². The number of aliphatic hydroxyl groups excluding tert-OH is 1. The van der Waals surface area contributed by atoms with Gasteiger partial charge in [-0.1, -0.05) is 56.5 Å². The molecule has 0 saturated heterocycles. The van der Waals surface area contributed by atoms with Gasteiger partial charge in [0.15, 0.2) is 0 Å². The molecule has 1 aromatic carbocycles. The lowest BCUT2D eigenvalue weighted by atomic mass is 9.83. The highest BCUT2D eigenvalue weighted by Gasteiger charge is 2.21. The molecule has 1 N–H and O–H groups in total. The molecule has 100 valence electrons. The molecule has 0 bridgehead atoms. The standard InChI is InChI=1S/C16H24O2/c1-2-15(18-12-11-13-7-6-8-13)16(17)14-9-4-3-5-10-14/h3-5,9-10,13,15-17H,2,6-8,11-12H2,1H3. The van der Waals surface area contributed by atoms with Gasteiger partial charge in [-0.3, -0.25) is 0 Å². The Kier molecular flexibility index (Phi) is 5.21. The van der Waals surface area contributed by atoms with Crippen LogP contribution in [0.5, 0.6) is 0 Å². The lowest BCUT2D eigenvalue weighted by Crippen LogP contribution is -2.23. The third kappa shape index (κ3) is 3.56. The molecule has 0 aliphatic heterocycles. The summed E-state index contributed by atoms with van der Waals surface area (Å²) in [5.41, 5.74) is 0.952. The number of ether oxygens (including phenoxy) is 1. The Balaban J connectivity index is 1.79. The van der Waals surface area contributed by atoms with Crippen molar-refractivity contribution in [3.05, 3.63) is 35.9 Å². The van der Waals surface area contributed by atoms with Gasteiger partial charge in [-0.25, -0.2) is 0 Å². The summed E-state index contributed by atoms with van der Waals surface area (Å²) in [4.78, 5) is 0. The second-order valence-electron chi connectivity index (χ2n) is 5.26. The summed E-state index contributed by atoms with van der Waals surface area (Å²) in [6.45, 7) is 2.85. The summed E-state index contributed by atoms with van der Waals surface area (Å²) in [5.74, 6) is 0.872. The SMILES string of the molecule is CCC(OCCC1CCC1)C(O)c1ccccc1. The maximum Gasteiger partial charge on any atom is 0.105 e. The molecule has 2 nitrogen and oxygen atoms in total. The molecule has 0 amide bonds. The van der Waals surface area contributed by atoms with Crippen molar-refractivity contribution in [2.24, 2.45) is 5.92 Å². The Morgan fingerprint density at radius 2 is 2.00 bits per heavy atom. The fraction of sp³-hybridized carbons (Fsp3) is 0.625. The highest BCUT2D eigenvalue weighted by molar-refractivity contribution is 5.18. The predicted molar refractivity (Wildman–Crippen MR) is 73.4 cm³/mol. The number of benzene rings is 1. The Morgan fingerprint density at radius 3 is 2.56 bits per heavy atom. The second-order valence-corrected chi connectivity index (χ2v) is 5.26. The molecule has 1 aliphatic carbocycles. The number of aliphatic hydroxyl groups is 1. The van der Waals surface area contributed by atoms with E-state index in [0.717, 1.165) is 30.9 Å². The smallest absolute Gasteiger partial charge is 0.105 e. The van der Waals surface area contributed by atoms with E-state index < -0.39 is 6.10 Å². The van der Waals surface area contributed by atoms with Gasteiger partial charge in [-0.15, -0.1) is 0 Å². The number of hydrogen-bond donors (Lipinski definition) is 1. The van der Waals surface area contributed by atoms with Gasteiger partial charge in [0.05, 0.1) is 6.10 Å². The maximum absolute atomic E-state index is 10.3. The largest absolute Gasteiger partial charge is 0.386 e. The minimum Gasteiger partial charge on any atom is -0.386 e. The van der Waals surface area contributed by atoms with E-state index in [1.54, 1.807) is 0 Å². The third-order valence-corrected chi connectivity index (χ3v) is 3.98. The molecule has 0 radical (unpaired) electrons. The van der Waals surface area contributed by atoms with Crippen LogP contribution in [0, 0.1) is 5.92 Å². The zero-order chi connectivity index (χ0) is 12.8. The molecule has 0 heterocycles. The van der Waals surface area contributed by atoms with Gasteiger partial charge in [0, 0.05) is 6.61 Å². The van der Waals surface area contributed by atoms with Crippen LogP contribution in [0.3, 0.4) is 0 Å². The molecule has 1 saturated carbocycles. The van der Waals surface area contributed by atoms with Crippen LogP contribution in [0.2, 0.25) is 0 Å². The molecule has 0 spiro atoms. The molecule has 1 aromatic rings. The molecular formula is C16H24O2. The molecule has 2 unspecified atom stereocenters. The van der Waals surface area contributed by atoms with Gasteiger partial charge in [0.25, 0.3) is 0 Å². The van der Waals surface area contributed by atoms with E-state index in [0.29, 0.717) is 0 Å². The van der Waals surface area contributed by atoms with Crippen molar-refractivity contribution < 1.29 is 9.84 Å². The predicted octanol–water partition coefficient (Wildman–Crippen LogP) is 3.71. The lowest BCUT2D eigenvalue weighted by Gasteiger charge is -2.27. The topological polar surface area (TPSA) is 29.5 Å². The van der Waals surface area contributed by atoms with Crippen molar-refractivity contribution in [3.63, 3.8) is 0 Å². The first-order valence-electron chi connectivity index (χ1n) is 7.16. The minimum absolute atomic E-state index is 0.0764. The third-order valence-electron chi connectivity index (χ3n) is 3.98. The van der Waals surface area contributed by atoms with E-state index in [-0.39, 0.29) is 6.10 Å². The number of hydrogen-bond acceptors (Lipinski definition) is 2. The summed E-state index contributed by atoms with van der Waals surface area (Å²) in [6, 6.07) is 9.80. The van der Waals surface area contributed by atoms with Gasteiger partial charge in [0.1, 0.15) is 6.10 Å². The van der Waals surface area contributed by atoms with Gasteiger partial charge < -0.3 is 9.84 Å². The Morgan fingerprint density at radius 1 is 1.28 bits per heavy atom. The molecule has 0 aromatic heterocycles. The van der Waals surface area contributed by atoms with Crippen LogP contribution in [0.1, 0.15) is 50.7 Å². The van der Waals surface area contributed by atoms with Crippen molar-refractivity contribution in [1.29, 1.82) is 0 Å². The lowest BCUT2D eigenvalue weighted by molar-refractivity contribution is -0.0465. The van der Waals surface area contributed by atoms with E-state index in [4.69, 9.17) is 4.74 Å². The van der Waals surface area contributed by atoms with Crippen LogP contribution in [0.15, 0.2) is 30.3 Å². The van der Waals surface area contributed by atoms with Gasteiger partial charge >= 0.3 is 0 Å². The molecule has 2 atom stereocenters. The van der Waals surface area contributed by atoms with Crippen LogP contribution in [-0.2, 0) is 4.74 Å².